The van der Waals surface area contributed by atoms with E-state index in [1.807, 2.05) is 49.5 Å². The summed E-state index contributed by atoms with van der Waals surface area (Å²) in [5.74, 6) is 0.850. The summed E-state index contributed by atoms with van der Waals surface area (Å²) in [6.45, 7) is 2.49. The Labute approximate surface area is 131 Å². The molecule has 3 unspecified atom stereocenters. The average molecular weight is 298 g/mol. The zero-order valence-corrected chi connectivity index (χ0v) is 12.9. The van der Waals surface area contributed by atoms with Crippen molar-refractivity contribution in [2.24, 2.45) is 0 Å². The second-order valence-corrected chi connectivity index (χ2v) is 5.61. The second-order valence-electron chi connectivity index (χ2n) is 5.61. The van der Waals surface area contributed by atoms with Gasteiger partial charge in [0, 0.05) is 0 Å². The smallest absolute Gasteiger partial charge is 0.143 e. The van der Waals surface area contributed by atoms with Crippen molar-refractivity contribution in [2.45, 2.75) is 25.3 Å². The molecule has 0 aliphatic carbocycles. The van der Waals surface area contributed by atoms with Crippen LogP contribution in [0.5, 0.6) is 5.75 Å². The van der Waals surface area contributed by atoms with Crippen molar-refractivity contribution in [3.05, 3.63) is 60.2 Å². The van der Waals surface area contributed by atoms with Crippen LogP contribution < -0.4 is 15.0 Å². The number of aliphatic hydroxyl groups excluding tert-OH is 1. The van der Waals surface area contributed by atoms with E-state index in [1.165, 1.54) is 0 Å². The molecular formula is C18H22N2O2. The van der Waals surface area contributed by atoms with Crippen molar-refractivity contribution >= 4 is 5.69 Å². The Morgan fingerprint density at radius 1 is 1.14 bits per heavy atom. The fourth-order valence-corrected chi connectivity index (χ4v) is 3.02. The van der Waals surface area contributed by atoms with E-state index in [1.54, 1.807) is 6.92 Å². The number of nitrogens with one attached hydrogen (secondary N) is 1. The molecule has 0 radical (unpaired) electrons. The maximum atomic E-state index is 10.1. The molecule has 1 aliphatic rings. The predicted octanol–water partition coefficient (Wildman–Crippen LogP) is 2.55. The number of benzene rings is 2. The van der Waals surface area contributed by atoms with Crippen LogP contribution in [0.1, 0.15) is 18.6 Å². The van der Waals surface area contributed by atoms with E-state index in [0.717, 1.165) is 17.0 Å². The summed E-state index contributed by atoms with van der Waals surface area (Å²) in [6, 6.07) is 18.2. The first kappa shape index (κ1) is 14.9. The molecule has 0 bridgehead atoms. The number of rotatable bonds is 4. The van der Waals surface area contributed by atoms with Crippen molar-refractivity contribution in [3.8, 4) is 5.75 Å². The van der Waals surface area contributed by atoms with Gasteiger partial charge < -0.3 is 14.7 Å². The Kier molecular flexibility index (Phi) is 4.32. The van der Waals surface area contributed by atoms with Crippen LogP contribution in [-0.2, 0) is 0 Å². The van der Waals surface area contributed by atoms with Gasteiger partial charge in [-0.05, 0) is 31.7 Å². The van der Waals surface area contributed by atoms with Crippen LogP contribution in [0.4, 0.5) is 5.69 Å². The van der Waals surface area contributed by atoms with E-state index in [-0.39, 0.29) is 12.3 Å². The summed E-state index contributed by atoms with van der Waals surface area (Å²) in [4.78, 5) is 2.18. The Bertz CT molecular complexity index is 615. The number of aliphatic hydroxyl groups is 1. The average Bonchev–Trinajstić information content (AvgIpc) is 2.56. The van der Waals surface area contributed by atoms with Gasteiger partial charge in [-0.2, -0.15) is 0 Å². The third-order valence-corrected chi connectivity index (χ3v) is 4.07. The minimum absolute atomic E-state index is 0.0503. The number of ether oxygens (including phenoxy) is 1. The molecule has 4 heteroatoms. The molecule has 2 aromatic carbocycles. The molecule has 3 rings (SSSR count). The van der Waals surface area contributed by atoms with E-state index >= 15 is 0 Å². The Hall–Kier alpha value is -2.04. The fourth-order valence-electron chi connectivity index (χ4n) is 3.02. The highest BCUT2D eigenvalue weighted by atomic mass is 16.5. The first-order valence-electron chi connectivity index (χ1n) is 7.63. The largest absolute Gasteiger partial charge is 0.482 e. The zero-order valence-electron chi connectivity index (χ0n) is 12.9. The van der Waals surface area contributed by atoms with Crippen molar-refractivity contribution in [1.29, 1.82) is 0 Å². The molecule has 1 heterocycles. The quantitative estimate of drug-likeness (QED) is 0.910. The van der Waals surface area contributed by atoms with E-state index in [0.29, 0.717) is 6.54 Å². The summed E-state index contributed by atoms with van der Waals surface area (Å²) in [5.41, 5.74) is 2.15. The normalized spacial score (nSPS) is 20.0. The summed E-state index contributed by atoms with van der Waals surface area (Å²) in [7, 11) is 1.87. The molecule has 0 fully saturated rings. The summed E-state index contributed by atoms with van der Waals surface area (Å²) < 4.78 is 6.17. The van der Waals surface area contributed by atoms with E-state index in [9.17, 15) is 5.11 Å². The lowest BCUT2D eigenvalue weighted by atomic mass is 10.0. The Morgan fingerprint density at radius 2 is 1.82 bits per heavy atom. The molecule has 0 amide bonds. The first-order chi connectivity index (χ1) is 10.7. The Balaban J connectivity index is 1.98. The van der Waals surface area contributed by atoms with Gasteiger partial charge >= 0.3 is 0 Å². The summed E-state index contributed by atoms with van der Waals surface area (Å²) in [6.07, 6.45) is -0.699. The van der Waals surface area contributed by atoms with Crippen LogP contribution >= 0.6 is 0 Å². The number of hydrogen-bond acceptors (Lipinski definition) is 4. The second kappa shape index (κ2) is 6.38. The van der Waals surface area contributed by atoms with Crippen molar-refractivity contribution in [2.75, 3.05) is 18.5 Å². The highest BCUT2D eigenvalue weighted by Crippen LogP contribution is 2.38. The molecule has 0 saturated carbocycles. The number of hydrogen-bond donors (Lipinski definition) is 2. The number of nitrogens with zero attached hydrogens (tertiary/aromatic N) is 1. The van der Waals surface area contributed by atoms with Gasteiger partial charge in [0.05, 0.1) is 18.3 Å². The number of likely N-dealkylation sites (N-methyl/N-ethyl adjacent to an activating group) is 1. The molecule has 3 atom stereocenters. The van der Waals surface area contributed by atoms with Crippen molar-refractivity contribution < 1.29 is 9.84 Å². The third-order valence-electron chi connectivity index (χ3n) is 4.07. The molecule has 0 aromatic heterocycles. The first-order valence-corrected chi connectivity index (χ1v) is 7.63. The van der Waals surface area contributed by atoms with Gasteiger partial charge in [-0.15, -0.1) is 0 Å². The minimum atomic E-state index is -0.493. The van der Waals surface area contributed by atoms with Crippen LogP contribution in [-0.4, -0.2) is 31.0 Å². The van der Waals surface area contributed by atoms with Crippen LogP contribution in [0.2, 0.25) is 0 Å². The monoisotopic (exact) mass is 298 g/mol. The lowest BCUT2D eigenvalue weighted by molar-refractivity contribution is 0.127. The standard InChI is InChI=1S/C18H22N2O2/c1-13(21)18(19-2)20-12-17(14-8-4-3-5-9-14)22-16-11-7-6-10-15(16)20/h3-11,13,17-19,21H,12H2,1-2H3. The topological polar surface area (TPSA) is 44.7 Å². The van der Waals surface area contributed by atoms with Crippen LogP contribution in [0.3, 0.4) is 0 Å². The van der Waals surface area contributed by atoms with Crippen molar-refractivity contribution in [3.63, 3.8) is 0 Å². The highest BCUT2D eigenvalue weighted by molar-refractivity contribution is 5.61. The minimum Gasteiger partial charge on any atom is -0.482 e. The van der Waals surface area contributed by atoms with Crippen LogP contribution in [0, 0.1) is 0 Å². The van der Waals surface area contributed by atoms with E-state index in [4.69, 9.17) is 4.74 Å². The van der Waals surface area contributed by atoms with Gasteiger partial charge in [0.1, 0.15) is 18.0 Å². The number of para-hydroxylation sites is 2. The molecule has 4 nitrogen and oxygen atoms in total. The number of fused-ring (bicyclic) bond motifs is 1. The van der Waals surface area contributed by atoms with Gasteiger partial charge in [-0.25, -0.2) is 0 Å². The predicted molar refractivity (Wildman–Crippen MR) is 88.1 cm³/mol. The van der Waals surface area contributed by atoms with Gasteiger partial charge in [0.15, 0.2) is 0 Å². The van der Waals surface area contributed by atoms with Gasteiger partial charge in [0.25, 0.3) is 0 Å². The Morgan fingerprint density at radius 3 is 2.50 bits per heavy atom. The van der Waals surface area contributed by atoms with E-state index < -0.39 is 6.10 Å². The van der Waals surface area contributed by atoms with Gasteiger partial charge in [-0.3, -0.25) is 5.32 Å². The maximum absolute atomic E-state index is 10.1. The van der Waals surface area contributed by atoms with Gasteiger partial charge in [-0.1, -0.05) is 42.5 Å². The molecular weight excluding hydrogens is 276 g/mol. The van der Waals surface area contributed by atoms with E-state index in [2.05, 4.69) is 22.3 Å². The van der Waals surface area contributed by atoms with Crippen molar-refractivity contribution in [1.82, 2.24) is 5.32 Å². The number of anilines is 1. The molecule has 22 heavy (non-hydrogen) atoms. The third kappa shape index (κ3) is 2.80. The molecule has 2 N–H and O–H groups in total. The summed E-state index contributed by atoms with van der Waals surface area (Å²) in [5, 5.41) is 13.3. The molecule has 1 aliphatic heterocycles. The zero-order chi connectivity index (χ0) is 15.5. The summed E-state index contributed by atoms with van der Waals surface area (Å²) >= 11 is 0. The van der Waals surface area contributed by atoms with Crippen LogP contribution in [0.15, 0.2) is 54.6 Å². The lowest BCUT2D eigenvalue weighted by Crippen LogP contribution is -2.54. The fraction of sp³-hybridized carbons (Fsp3) is 0.333. The molecule has 2 aromatic rings. The molecule has 0 saturated heterocycles. The van der Waals surface area contributed by atoms with Gasteiger partial charge in [0.2, 0.25) is 0 Å². The SMILES string of the molecule is CNC(C(C)O)N1CC(c2ccccc2)Oc2ccccc21. The molecule has 116 valence electrons. The van der Waals surface area contributed by atoms with Crippen LogP contribution in [0.25, 0.3) is 0 Å². The maximum Gasteiger partial charge on any atom is 0.143 e. The lowest BCUT2D eigenvalue weighted by Gasteiger charge is -2.42. The molecule has 0 spiro atoms. The highest BCUT2D eigenvalue weighted by Gasteiger charge is 2.32.